The first kappa shape index (κ1) is 15.5. The molecule has 1 heterocycles. The van der Waals surface area contributed by atoms with Crippen LogP contribution in [0.1, 0.15) is 18.2 Å². The van der Waals surface area contributed by atoms with E-state index >= 15 is 0 Å². The van der Waals surface area contributed by atoms with E-state index in [0.717, 1.165) is 28.7 Å². The van der Waals surface area contributed by atoms with Crippen molar-refractivity contribution in [2.45, 2.75) is 30.3 Å². The third-order valence-corrected chi connectivity index (χ3v) is 4.31. The third kappa shape index (κ3) is 3.62. The van der Waals surface area contributed by atoms with E-state index in [9.17, 15) is 10.1 Å². The van der Waals surface area contributed by atoms with E-state index < -0.39 is 0 Å². The highest BCUT2D eigenvalue weighted by molar-refractivity contribution is 7.99. The van der Waals surface area contributed by atoms with Crippen LogP contribution >= 0.6 is 11.8 Å². The normalized spacial score (nSPS) is 10.8. The minimum Gasteiger partial charge on any atom is -0.313 e. The van der Waals surface area contributed by atoms with Gasteiger partial charge in [-0.25, -0.2) is 0 Å². The van der Waals surface area contributed by atoms with Gasteiger partial charge in [-0.2, -0.15) is 5.10 Å². The van der Waals surface area contributed by atoms with Gasteiger partial charge in [-0.05, 0) is 25.6 Å². The molecular weight excluding hydrogens is 288 g/mol. The maximum atomic E-state index is 10.7. The molecule has 112 valence electrons. The van der Waals surface area contributed by atoms with Gasteiger partial charge in [0.1, 0.15) is 5.03 Å². The Balaban J connectivity index is 2.24. The second-order valence-corrected chi connectivity index (χ2v) is 5.69. The third-order valence-electron chi connectivity index (χ3n) is 3.10. The van der Waals surface area contributed by atoms with E-state index in [0.29, 0.717) is 0 Å². The molecule has 0 saturated heterocycles. The van der Waals surface area contributed by atoms with E-state index in [1.807, 2.05) is 18.7 Å². The van der Waals surface area contributed by atoms with Crippen LogP contribution in [0.3, 0.4) is 0 Å². The van der Waals surface area contributed by atoms with Gasteiger partial charge in [0.2, 0.25) is 0 Å². The quantitative estimate of drug-likeness (QED) is 0.656. The topological polar surface area (TPSA) is 73.0 Å². The Bertz CT molecular complexity index is 637. The zero-order chi connectivity index (χ0) is 15.4. The molecule has 0 saturated carbocycles. The first-order valence-corrected chi connectivity index (χ1v) is 7.50. The molecular formula is C14H18N4O2S. The molecule has 0 fully saturated rings. The number of non-ortho nitro benzene ring substituents is 1. The molecule has 1 aromatic heterocycles. The second-order valence-electron chi connectivity index (χ2n) is 4.63. The fourth-order valence-corrected chi connectivity index (χ4v) is 3.02. The highest BCUT2D eigenvalue weighted by Crippen LogP contribution is 2.32. The molecule has 6 nitrogen and oxygen atoms in total. The van der Waals surface area contributed by atoms with Crippen molar-refractivity contribution < 1.29 is 4.92 Å². The molecule has 0 aliphatic rings. The summed E-state index contributed by atoms with van der Waals surface area (Å²) in [6, 6.07) is 6.58. The summed E-state index contributed by atoms with van der Waals surface area (Å²) in [7, 11) is 1.91. The minimum absolute atomic E-state index is 0.105. The number of nitrogens with one attached hydrogen (secondary N) is 1. The van der Waals surface area contributed by atoms with Crippen LogP contribution in [0.15, 0.2) is 34.2 Å². The first-order chi connectivity index (χ1) is 10.0. The standard InChI is InChI=1S/C14H18N4O2S/c1-4-15-9-13-10(2)16-17(3)14(13)21-12-7-5-11(6-8-12)18(19)20/h5-8,15H,4,9H2,1-3H3. The van der Waals surface area contributed by atoms with Gasteiger partial charge in [0.15, 0.2) is 0 Å². The van der Waals surface area contributed by atoms with Crippen molar-refractivity contribution in [2.24, 2.45) is 7.05 Å². The van der Waals surface area contributed by atoms with Gasteiger partial charge in [0.05, 0.1) is 10.6 Å². The van der Waals surface area contributed by atoms with Gasteiger partial charge in [-0.3, -0.25) is 14.8 Å². The van der Waals surface area contributed by atoms with Crippen molar-refractivity contribution in [3.63, 3.8) is 0 Å². The Kier molecular flexibility index (Phi) is 4.98. The molecule has 0 atom stereocenters. The SMILES string of the molecule is CCNCc1c(C)nn(C)c1Sc1ccc([N+](=O)[O-])cc1. The number of benzene rings is 1. The summed E-state index contributed by atoms with van der Waals surface area (Å²) in [6.45, 7) is 5.73. The van der Waals surface area contributed by atoms with Crippen LogP contribution in [-0.4, -0.2) is 21.2 Å². The van der Waals surface area contributed by atoms with Crippen molar-refractivity contribution >= 4 is 17.4 Å². The molecule has 2 rings (SSSR count). The average molecular weight is 306 g/mol. The largest absolute Gasteiger partial charge is 0.313 e. The zero-order valence-corrected chi connectivity index (χ0v) is 13.1. The maximum Gasteiger partial charge on any atom is 0.269 e. The summed E-state index contributed by atoms with van der Waals surface area (Å²) in [5.41, 5.74) is 2.28. The van der Waals surface area contributed by atoms with Crippen LogP contribution in [0.2, 0.25) is 0 Å². The second kappa shape index (κ2) is 6.73. The van der Waals surface area contributed by atoms with Gasteiger partial charge in [-0.1, -0.05) is 18.7 Å². The molecule has 21 heavy (non-hydrogen) atoms. The molecule has 7 heteroatoms. The fourth-order valence-electron chi connectivity index (χ4n) is 2.01. The Hall–Kier alpha value is -1.86. The molecule has 1 aromatic carbocycles. The lowest BCUT2D eigenvalue weighted by Crippen LogP contribution is -2.12. The highest BCUT2D eigenvalue weighted by Gasteiger charge is 2.14. The average Bonchev–Trinajstić information content (AvgIpc) is 2.71. The predicted octanol–water partition coefficient (Wildman–Crippen LogP) is 2.90. The molecule has 0 aliphatic carbocycles. The summed E-state index contributed by atoms with van der Waals surface area (Å²) in [5.74, 6) is 0. The van der Waals surface area contributed by atoms with E-state index in [1.165, 1.54) is 17.7 Å². The van der Waals surface area contributed by atoms with Crippen molar-refractivity contribution in [1.82, 2.24) is 15.1 Å². The Morgan fingerprint density at radius 3 is 2.62 bits per heavy atom. The molecule has 0 aliphatic heterocycles. The minimum atomic E-state index is -0.390. The predicted molar refractivity (Wildman–Crippen MR) is 82.5 cm³/mol. The van der Waals surface area contributed by atoms with Gasteiger partial charge in [-0.15, -0.1) is 0 Å². The van der Waals surface area contributed by atoms with Crippen LogP contribution in [0.25, 0.3) is 0 Å². The summed E-state index contributed by atoms with van der Waals surface area (Å²) >= 11 is 1.57. The summed E-state index contributed by atoms with van der Waals surface area (Å²) in [6.07, 6.45) is 0. The van der Waals surface area contributed by atoms with Gasteiger partial charge in [0, 0.05) is 36.2 Å². The number of hydrogen-bond donors (Lipinski definition) is 1. The lowest BCUT2D eigenvalue weighted by Gasteiger charge is -2.07. The van der Waals surface area contributed by atoms with Crippen molar-refractivity contribution in [1.29, 1.82) is 0 Å². The Morgan fingerprint density at radius 1 is 1.38 bits per heavy atom. The number of rotatable bonds is 6. The number of nitrogens with zero attached hydrogens (tertiary/aromatic N) is 3. The molecule has 1 N–H and O–H groups in total. The maximum absolute atomic E-state index is 10.7. The fraction of sp³-hybridized carbons (Fsp3) is 0.357. The van der Waals surface area contributed by atoms with Gasteiger partial charge < -0.3 is 5.32 Å². The van der Waals surface area contributed by atoms with Gasteiger partial charge in [0.25, 0.3) is 5.69 Å². The van der Waals surface area contributed by atoms with Crippen molar-refractivity contribution in [2.75, 3.05) is 6.54 Å². The van der Waals surface area contributed by atoms with Crippen LogP contribution in [0.4, 0.5) is 5.69 Å². The van der Waals surface area contributed by atoms with E-state index in [2.05, 4.69) is 17.3 Å². The van der Waals surface area contributed by atoms with E-state index in [-0.39, 0.29) is 10.6 Å². The molecule has 0 unspecified atom stereocenters. The van der Waals surface area contributed by atoms with Crippen molar-refractivity contribution in [3.05, 3.63) is 45.6 Å². The monoisotopic (exact) mass is 306 g/mol. The smallest absolute Gasteiger partial charge is 0.269 e. The van der Waals surface area contributed by atoms with Gasteiger partial charge >= 0.3 is 0 Å². The summed E-state index contributed by atoms with van der Waals surface area (Å²) < 4.78 is 1.86. The molecule has 2 aromatic rings. The molecule has 0 bridgehead atoms. The molecule has 0 radical (unpaired) electrons. The van der Waals surface area contributed by atoms with Crippen LogP contribution in [0, 0.1) is 17.0 Å². The summed E-state index contributed by atoms with van der Waals surface area (Å²) in [4.78, 5) is 11.2. The molecule has 0 spiro atoms. The Labute approximate surface area is 127 Å². The van der Waals surface area contributed by atoms with Crippen LogP contribution < -0.4 is 5.32 Å². The number of aromatic nitrogens is 2. The number of hydrogen-bond acceptors (Lipinski definition) is 5. The Morgan fingerprint density at radius 2 is 2.05 bits per heavy atom. The lowest BCUT2D eigenvalue weighted by atomic mass is 10.2. The van der Waals surface area contributed by atoms with Crippen molar-refractivity contribution in [3.8, 4) is 0 Å². The first-order valence-electron chi connectivity index (χ1n) is 6.68. The zero-order valence-electron chi connectivity index (χ0n) is 12.3. The summed E-state index contributed by atoms with van der Waals surface area (Å²) in [5, 5.41) is 19.5. The molecule has 0 amide bonds. The highest BCUT2D eigenvalue weighted by atomic mass is 32.2. The van der Waals surface area contributed by atoms with E-state index in [4.69, 9.17) is 0 Å². The lowest BCUT2D eigenvalue weighted by molar-refractivity contribution is -0.384. The van der Waals surface area contributed by atoms with Crippen LogP contribution in [-0.2, 0) is 13.6 Å². The van der Waals surface area contributed by atoms with Crippen LogP contribution in [0.5, 0.6) is 0 Å². The number of nitro groups is 1. The van der Waals surface area contributed by atoms with E-state index in [1.54, 1.807) is 23.9 Å². The number of aryl methyl sites for hydroxylation is 2. The number of nitro benzene ring substituents is 1.